The summed E-state index contributed by atoms with van der Waals surface area (Å²) in [6.45, 7) is 4.92. The van der Waals surface area contributed by atoms with Gasteiger partial charge in [0.25, 0.3) is 11.8 Å². The maximum atomic E-state index is 12.9. The van der Waals surface area contributed by atoms with Crippen LogP contribution in [0.2, 0.25) is 0 Å². The third-order valence-electron chi connectivity index (χ3n) is 6.47. The number of carbonyl (C=O) groups excluding carboxylic acids is 5. The van der Waals surface area contributed by atoms with E-state index in [0.717, 1.165) is 22.3 Å². The normalized spacial score (nSPS) is 16.2. The molecule has 1 aliphatic heterocycles. The molecule has 0 saturated carbocycles. The molecule has 1 aliphatic carbocycles. The largest absolute Gasteiger partial charge is 0.449 e. The number of nitrogens with one attached hydrogen (secondary N) is 2. The molecule has 10 heteroatoms. The number of carbonyl (C=O) groups is 5. The predicted octanol–water partition coefficient (Wildman–Crippen LogP) is 2.66. The number of hydrogen-bond donors (Lipinski definition) is 2. The highest BCUT2D eigenvalue weighted by molar-refractivity contribution is 6.02. The van der Waals surface area contributed by atoms with Gasteiger partial charge in [0, 0.05) is 18.8 Å². The summed E-state index contributed by atoms with van der Waals surface area (Å²) in [7, 11) is 0. The molecule has 4 amide bonds. The number of alkyl carbamates (subject to hydrolysis) is 1. The molecule has 2 N–H and O–H groups in total. The van der Waals surface area contributed by atoms with Crippen LogP contribution >= 0.6 is 0 Å². The molecule has 2 aliphatic rings. The Labute approximate surface area is 214 Å². The van der Waals surface area contributed by atoms with Crippen molar-refractivity contribution in [2.45, 2.75) is 51.6 Å². The molecule has 0 unspecified atom stereocenters. The van der Waals surface area contributed by atoms with E-state index in [2.05, 4.69) is 10.6 Å². The van der Waals surface area contributed by atoms with E-state index in [0.29, 0.717) is 5.06 Å². The monoisotopic (exact) mass is 507 g/mol. The van der Waals surface area contributed by atoms with E-state index >= 15 is 0 Å². The first-order chi connectivity index (χ1) is 17.7. The summed E-state index contributed by atoms with van der Waals surface area (Å²) in [6.07, 6.45) is -0.835. The van der Waals surface area contributed by atoms with Gasteiger partial charge >= 0.3 is 12.1 Å². The molecule has 0 spiro atoms. The van der Waals surface area contributed by atoms with Gasteiger partial charge in [-0.1, -0.05) is 62.4 Å². The number of hydrogen-bond acceptors (Lipinski definition) is 7. The lowest BCUT2D eigenvalue weighted by Crippen LogP contribution is -2.54. The Bertz CT molecular complexity index is 1180. The molecule has 1 saturated heterocycles. The topological polar surface area (TPSA) is 131 Å². The van der Waals surface area contributed by atoms with Crippen molar-refractivity contribution < 1.29 is 33.5 Å². The Kier molecular flexibility index (Phi) is 7.56. The van der Waals surface area contributed by atoms with Crippen molar-refractivity contribution >= 4 is 29.8 Å². The van der Waals surface area contributed by atoms with Crippen LogP contribution in [0.25, 0.3) is 11.1 Å². The molecular weight excluding hydrogens is 478 g/mol. The van der Waals surface area contributed by atoms with Crippen LogP contribution in [-0.2, 0) is 28.8 Å². The maximum Gasteiger partial charge on any atom is 0.407 e. The summed E-state index contributed by atoms with van der Waals surface area (Å²) in [4.78, 5) is 66.0. The molecule has 1 fully saturated rings. The number of imide groups is 1. The standard InChI is InChI=1S/C27H29N3O7/c1-15(2)24(25(33)28-16(3)26(34)37-30-22(31)12-13-23(30)32)29-27(35)36-14-21-19-10-6-4-8-17(19)18-9-5-7-11-20(18)21/h4-11,15-16,21,24H,12-14H2,1-3H3,(H,28,33)(H,29,35)/t16-,24-/m0/s1. The first kappa shape index (κ1) is 25.9. The summed E-state index contributed by atoms with van der Waals surface area (Å²) < 4.78 is 5.53. The smallest absolute Gasteiger partial charge is 0.407 e. The van der Waals surface area contributed by atoms with Crippen LogP contribution in [0.1, 0.15) is 50.7 Å². The van der Waals surface area contributed by atoms with Gasteiger partial charge in [0.15, 0.2) is 0 Å². The molecule has 2 atom stereocenters. The molecular formula is C27H29N3O7. The SMILES string of the molecule is CC(C)[C@H](NC(=O)OCC1c2ccccc2-c2ccccc21)C(=O)N[C@@H](C)C(=O)ON1C(=O)CCC1=O. The first-order valence-corrected chi connectivity index (χ1v) is 12.2. The van der Waals surface area contributed by atoms with Gasteiger partial charge in [0.2, 0.25) is 5.91 Å². The number of amides is 4. The van der Waals surface area contributed by atoms with Gasteiger partial charge in [-0.15, -0.1) is 5.06 Å². The average Bonchev–Trinajstić information content (AvgIpc) is 3.37. The lowest BCUT2D eigenvalue weighted by molar-refractivity contribution is -0.198. The number of hydroxylamine groups is 2. The fraction of sp³-hybridized carbons (Fsp3) is 0.370. The molecule has 1 heterocycles. The lowest BCUT2D eigenvalue weighted by Gasteiger charge is -2.24. The highest BCUT2D eigenvalue weighted by Crippen LogP contribution is 2.44. The number of fused-ring (bicyclic) bond motifs is 3. The number of nitrogens with zero attached hydrogens (tertiary/aromatic N) is 1. The zero-order chi connectivity index (χ0) is 26.7. The second kappa shape index (κ2) is 10.8. The van der Waals surface area contributed by atoms with Gasteiger partial charge in [-0.25, -0.2) is 9.59 Å². The molecule has 0 aromatic heterocycles. The Morgan fingerprint density at radius 3 is 1.97 bits per heavy atom. The Balaban J connectivity index is 1.34. The maximum absolute atomic E-state index is 12.9. The van der Waals surface area contributed by atoms with E-state index in [1.165, 1.54) is 6.92 Å². The summed E-state index contributed by atoms with van der Waals surface area (Å²) in [5.41, 5.74) is 4.34. The molecule has 2 aromatic carbocycles. The minimum absolute atomic E-state index is 0.0354. The van der Waals surface area contributed by atoms with E-state index in [1.54, 1.807) is 13.8 Å². The first-order valence-electron chi connectivity index (χ1n) is 12.2. The molecule has 4 rings (SSSR count). The van der Waals surface area contributed by atoms with Crippen molar-refractivity contribution in [2.75, 3.05) is 6.61 Å². The Hall–Kier alpha value is -4.21. The highest BCUT2D eigenvalue weighted by Gasteiger charge is 2.35. The van der Waals surface area contributed by atoms with Crippen molar-refractivity contribution in [3.63, 3.8) is 0 Å². The highest BCUT2D eigenvalue weighted by atomic mass is 16.7. The van der Waals surface area contributed by atoms with Crippen molar-refractivity contribution in [1.82, 2.24) is 15.7 Å². The Morgan fingerprint density at radius 1 is 0.892 bits per heavy atom. The molecule has 10 nitrogen and oxygen atoms in total. The van der Waals surface area contributed by atoms with Crippen LogP contribution in [0.3, 0.4) is 0 Å². The van der Waals surface area contributed by atoms with Crippen LogP contribution in [0, 0.1) is 5.92 Å². The molecule has 194 valence electrons. The van der Waals surface area contributed by atoms with Gasteiger partial charge in [0.05, 0.1) is 0 Å². The lowest BCUT2D eigenvalue weighted by atomic mass is 9.98. The van der Waals surface area contributed by atoms with E-state index in [-0.39, 0.29) is 31.3 Å². The average molecular weight is 508 g/mol. The van der Waals surface area contributed by atoms with Crippen LogP contribution in [0.5, 0.6) is 0 Å². The summed E-state index contributed by atoms with van der Waals surface area (Å²) >= 11 is 0. The quantitative estimate of drug-likeness (QED) is 0.525. The van der Waals surface area contributed by atoms with Crippen molar-refractivity contribution in [3.8, 4) is 11.1 Å². The van der Waals surface area contributed by atoms with E-state index in [1.807, 2.05) is 48.5 Å². The fourth-order valence-corrected chi connectivity index (χ4v) is 4.49. The van der Waals surface area contributed by atoms with Crippen LogP contribution < -0.4 is 10.6 Å². The molecule has 0 radical (unpaired) electrons. The summed E-state index contributed by atoms with van der Waals surface area (Å²) in [6, 6.07) is 13.7. The number of benzene rings is 2. The van der Waals surface area contributed by atoms with Gasteiger partial charge in [0.1, 0.15) is 18.7 Å². The molecule has 2 aromatic rings. The molecule has 37 heavy (non-hydrogen) atoms. The van der Waals surface area contributed by atoms with E-state index < -0.39 is 41.9 Å². The second-order valence-electron chi connectivity index (χ2n) is 9.41. The van der Waals surface area contributed by atoms with Gasteiger partial charge in [-0.3, -0.25) is 14.4 Å². The molecule has 0 bridgehead atoms. The fourth-order valence-electron chi connectivity index (χ4n) is 4.49. The van der Waals surface area contributed by atoms with E-state index in [9.17, 15) is 24.0 Å². The predicted molar refractivity (Wildman–Crippen MR) is 132 cm³/mol. The van der Waals surface area contributed by atoms with Crippen LogP contribution in [-0.4, -0.2) is 53.5 Å². The Morgan fingerprint density at radius 2 is 1.43 bits per heavy atom. The third kappa shape index (κ3) is 5.47. The van der Waals surface area contributed by atoms with Crippen LogP contribution in [0.4, 0.5) is 4.79 Å². The third-order valence-corrected chi connectivity index (χ3v) is 6.47. The van der Waals surface area contributed by atoms with Crippen molar-refractivity contribution in [3.05, 3.63) is 59.7 Å². The number of rotatable bonds is 8. The zero-order valence-electron chi connectivity index (χ0n) is 20.9. The van der Waals surface area contributed by atoms with Gasteiger partial charge in [-0.05, 0) is 35.1 Å². The minimum atomic E-state index is -1.17. The van der Waals surface area contributed by atoms with Gasteiger partial charge < -0.3 is 20.2 Å². The minimum Gasteiger partial charge on any atom is -0.449 e. The van der Waals surface area contributed by atoms with Crippen molar-refractivity contribution in [2.24, 2.45) is 5.92 Å². The second-order valence-corrected chi connectivity index (χ2v) is 9.41. The van der Waals surface area contributed by atoms with Crippen molar-refractivity contribution in [1.29, 1.82) is 0 Å². The van der Waals surface area contributed by atoms with Crippen LogP contribution in [0.15, 0.2) is 48.5 Å². The van der Waals surface area contributed by atoms with Gasteiger partial charge in [-0.2, -0.15) is 0 Å². The number of ether oxygens (including phenoxy) is 1. The zero-order valence-corrected chi connectivity index (χ0v) is 20.9. The summed E-state index contributed by atoms with van der Waals surface area (Å²) in [5.74, 6) is -3.30. The summed E-state index contributed by atoms with van der Waals surface area (Å²) in [5, 5.41) is 5.45. The van der Waals surface area contributed by atoms with E-state index in [4.69, 9.17) is 9.57 Å².